The van der Waals surface area contributed by atoms with E-state index >= 15 is 4.79 Å². The van der Waals surface area contributed by atoms with E-state index in [-0.39, 0.29) is 67.8 Å². The van der Waals surface area contributed by atoms with Gasteiger partial charge in [-0.15, -0.1) is 6.58 Å². The largest absolute Gasteiger partial charge is 0.492 e. The molecule has 2 aromatic rings. The molecule has 8 rings (SSSR count). The second-order valence-electron chi connectivity index (χ2n) is 19.6. The van der Waals surface area contributed by atoms with Gasteiger partial charge in [-0.05, 0) is 107 Å². The number of allylic oxidation sites excluding steroid dienone is 3. The molecule has 2 aliphatic heterocycles. The van der Waals surface area contributed by atoms with E-state index in [1.807, 2.05) is 24.3 Å². The quantitative estimate of drug-likeness (QED) is 0.104. The number of methoxy groups -OCH3 is 1. The second kappa shape index (κ2) is 20.3. The van der Waals surface area contributed by atoms with Crippen LogP contribution in [0.4, 0.5) is 0 Å². The number of benzene rings is 1. The highest BCUT2D eigenvalue weighted by atomic mass is 32.2. The molecule has 354 valence electrons. The van der Waals surface area contributed by atoms with Crippen molar-refractivity contribution in [1.82, 2.24) is 14.6 Å². The molecule has 65 heavy (non-hydrogen) atoms. The van der Waals surface area contributed by atoms with Gasteiger partial charge >= 0.3 is 5.97 Å². The molecule has 5 fully saturated rings. The Morgan fingerprint density at radius 3 is 2.52 bits per heavy atom. The van der Waals surface area contributed by atoms with Gasteiger partial charge in [0.2, 0.25) is 27.7 Å². The van der Waals surface area contributed by atoms with Gasteiger partial charge in [0.1, 0.15) is 18.0 Å². The van der Waals surface area contributed by atoms with Crippen LogP contribution in [0.5, 0.6) is 11.6 Å². The van der Waals surface area contributed by atoms with Crippen LogP contribution in [0.2, 0.25) is 0 Å². The summed E-state index contributed by atoms with van der Waals surface area (Å²) < 4.78 is 58.3. The van der Waals surface area contributed by atoms with Crippen LogP contribution in [0.1, 0.15) is 115 Å². The Morgan fingerprint density at radius 1 is 0.985 bits per heavy atom. The maximum absolute atomic E-state index is 15.2. The summed E-state index contributed by atoms with van der Waals surface area (Å²) in [5.41, 5.74) is 0.101. The third-order valence-electron chi connectivity index (χ3n) is 15.1. The number of sulfonamides is 1. The van der Waals surface area contributed by atoms with E-state index in [1.165, 1.54) is 0 Å². The van der Waals surface area contributed by atoms with E-state index in [9.17, 15) is 22.8 Å². The highest BCUT2D eigenvalue weighted by Gasteiger charge is 2.62. The van der Waals surface area contributed by atoms with Crippen LogP contribution >= 0.6 is 0 Å². The van der Waals surface area contributed by atoms with Crippen molar-refractivity contribution in [3.8, 4) is 11.6 Å². The van der Waals surface area contributed by atoms with Gasteiger partial charge < -0.3 is 28.6 Å². The highest BCUT2D eigenvalue weighted by molar-refractivity contribution is 7.91. The van der Waals surface area contributed by atoms with Gasteiger partial charge in [0.15, 0.2) is 5.78 Å². The van der Waals surface area contributed by atoms with Crippen LogP contribution in [-0.4, -0.2) is 105 Å². The maximum atomic E-state index is 15.2. The average molecular weight is 918 g/mol. The second-order valence-corrected chi connectivity index (χ2v) is 21.8. The number of hydrogen-bond donors (Lipinski definition) is 1. The zero-order valence-electron chi connectivity index (χ0n) is 38.1. The van der Waals surface area contributed by atoms with E-state index in [4.69, 9.17) is 28.7 Å². The monoisotopic (exact) mass is 917 g/mol. The number of aromatic nitrogens is 1. The minimum absolute atomic E-state index is 0.0494. The first-order valence-corrected chi connectivity index (χ1v) is 25.5. The van der Waals surface area contributed by atoms with Crippen LogP contribution in [0.25, 0.3) is 10.9 Å². The molecule has 1 aromatic carbocycles. The molecule has 6 aliphatic rings. The number of hydrogen-bond acceptors (Lipinski definition) is 12. The molecule has 14 nitrogen and oxygen atoms in total. The maximum Gasteiger partial charge on any atom is 0.306 e. The normalized spacial score (nSPS) is 29.7. The van der Waals surface area contributed by atoms with E-state index in [1.54, 1.807) is 25.0 Å². The average Bonchev–Trinajstić information content (AvgIpc) is 3.91. The minimum atomic E-state index is -3.97. The number of ether oxygens (including phenoxy) is 5. The van der Waals surface area contributed by atoms with Crippen molar-refractivity contribution < 1.29 is 51.3 Å². The lowest BCUT2D eigenvalue weighted by atomic mass is 9.86. The van der Waals surface area contributed by atoms with E-state index < -0.39 is 50.1 Å². The number of ketones is 1. The zero-order valence-corrected chi connectivity index (χ0v) is 39.0. The summed E-state index contributed by atoms with van der Waals surface area (Å²) in [6.45, 7) is 7.43. The summed E-state index contributed by atoms with van der Waals surface area (Å²) in [5, 5.41) is 0.833. The lowest BCUT2D eigenvalue weighted by Crippen LogP contribution is -2.48. The number of nitrogens with zero attached hydrogens (tertiary/aromatic N) is 2. The summed E-state index contributed by atoms with van der Waals surface area (Å²) in [7, 11) is -2.34. The SMILES string of the molecule is C=C[C@@H]1C[C@]1(CC(=O)[C@@H]1C[C@@H]2CN1C(=O)[C@H](C1CCCC1)CC(=O)O[C@@H]1CCC[C@H]1CC/C=C/Cc1c(nc3ccccc3c1OCCCOCCOC)O2)C(=O)NS(=O)(=O)C1(C)CC1. The summed E-state index contributed by atoms with van der Waals surface area (Å²) in [4.78, 5) is 64.5. The number of rotatable bonds is 16. The molecular weight excluding hydrogens is 851 g/mol. The van der Waals surface area contributed by atoms with Gasteiger partial charge in [-0.25, -0.2) is 13.4 Å². The molecule has 7 atom stereocenters. The van der Waals surface area contributed by atoms with E-state index in [0.29, 0.717) is 69.3 Å². The van der Waals surface area contributed by atoms with Crippen LogP contribution in [-0.2, 0) is 49.8 Å². The number of Topliss-reactive ketones (excluding diaryl/α,β-unsaturated/α-hetero) is 1. The Hall–Kier alpha value is -4.34. The summed E-state index contributed by atoms with van der Waals surface area (Å²) >= 11 is 0. The van der Waals surface area contributed by atoms with Crippen LogP contribution < -0.4 is 14.2 Å². The van der Waals surface area contributed by atoms with E-state index in [2.05, 4.69) is 23.5 Å². The van der Waals surface area contributed by atoms with Crippen molar-refractivity contribution >= 4 is 44.5 Å². The first-order valence-electron chi connectivity index (χ1n) is 24.0. The van der Waals surface area contributed by atoms with Gasteiger partial charge in [0, 0.05) is 38.4 Å². The molecule has 4 aliphatic carbocycles. The van der Waals surface area contributed by atoms with Gasteiger partial charge in [-0.2, -0.15) is 0 Å². The number of amides is 2. The standard InChI is InChI=1S/C50H67N3O11S/c1-4-35-30-50(35,48(57)52-65(58,59)49(2)22-23-49)31-42(54)41-28-36-32-53(41)47(56)39(33-14-8-9-15-33)29-44(55)64-43-21-12-17-34(43)16-6-5-7-19-38-45(62-25-13-24-61-27-26-60-3)37-18-10-11-20-40(37)51-46(38)63-36/h4-5,7,10-11,18,20,33-36,39,41,43H,1,6,8-9,12-17,19,21-32H2,2-3H3,(H,52,57)/b7-5+/t34-,35-,36-,39+,41+,43-,50-/m1/s1. The number of fused-ring (bicyclic) bond motifs is 5. The molecule has 15 heteroatoms. The third kappa shape index (κ3) is 10.5. The van der Waals surface area contributed by atoms with Crippen LogP contribution in [0.15, 0.2) is 49.1 Å². The van der Waals surface area contributed by atoms with Crippen molar-refractivity contribution in [2.75, 3.05) is 40.1 Å². The molecular formula is C50H67N3O11S. The number of nitrogens with one attached hydrogen (secondary N) is 1. The smallest absolute Gasteiger partial charge is 0.306 e. The fraction of sp³-hybridized carbons (Fsp3) is 0.660. The Balaban J connectivity index is 1.14. The Labute approximate surface area is 383 Å². The molecule has 4 saturated carbocycles. The molecule has 2 amide bonds. The highest BCUT2D eigenvalue weighted by Crippen LogP contribution is 2.57. The van der Waals surface area contributed by atoms with E-state index in [0.717, 1.165) is 68.7 Å². The minimum Gasteiger partial charge on any atom is -0.492 e. The molecule has 0 spiro atoms. The van der Waals surface area contributed by atoms with Gasteiger partial charge in [-0.1, -0.05) is 43.2 Å². The molecule has 3 heterocycles. The lowest BCUT2D eigenvalue weighted by Gasteiger charge is -2.31. The molecule has 1 saturated heterocycles. The Morgan fingerprint density at radius 2 is 1.77 bits per heavy atom. The number of carbonyl (C=O) groups is 4. The van der Waals surface area contributed by atoms with Crippen molar-refractivity contribution in [2.45, 2.75) is 139 Å². The van der Waals surface area contributed by atoms with Crippen molar-refractivity contribution in [2.24, 2.45) is 29.1 Å². The first kappa shape index (κ1) is 47.2. The third-order valence-corrected chi connectivity index (χ3v) is 17.3. The fourth-order valence-electron chi connectivity index (χ4n) is 10.8. The Kier molecular flexibility index (Phi) is 14.7. The molecule has 0 unspecified atom stereocenters. The fourth-order valence-corrected chi connectivity index (χ4v) is 12.1. The summed E-state index contributed by atoms with van der Waals surface area (Å²) in [6.07, 6.45) is 14.8. The zero-order chi connectivity index (χ0) is 45.8. The molecule has 1 N–H and O–H groups in total. The van der Waals surface area contributed by atoms with Crippen molar-refractivity contribution in [1.29, 1.82) is 0 Å². The number of carbonyl (C=O) groups excluding carboxylic acids is 4. The van der Waals surface area contributed by atoms with Gasteiger partial charge in [-0.3, -0.25) is 23.9 Å². The van der Waals surface area contributed by atoms with Crippen molar-refractivity contribution in [3.05, 3.63) is 54.6 Å². The van der Waals surface area contributed by atoms with Crippen LogP contribution in [0, 0.1) is 29.1 Å². The number of esters is 1. The molecule has 2 bridgehead atoms. The van der Waals surface area contributed by atoms with Crippen molar-refractivity contribution in [3.63, 3.8) is 0 Å². The predicted molar refractivity (Wildman–Crippen MR) is 244 cm³/mol. The topological polar surface area (TPSA) is 177 Å². The Bertz CT molecular complexity index is 2240. The summed E-state index contributed by atoms with van der Waals surface area (Å²) in [5.74, 6) is -1.72. The van der Waals surface area contributed by atoms with Gasteiger partial charge in [0.25, 0.3) is 0 Å². The summed E-state index contributed by atoms with van der Waals surface area (Å²) in [6, 6.07) is 6.74. The first-order chi connectivity index (χ1) is 31.4. The predicted octanol–water partition coefficient (Wildman–Crippen LogP) is 6.97. The molecule has 0 radical (unpaired) electrons. The molecule has 1 aromatic heterocycles. The number of para-hydroxylation sites is 1. The lowest BCUT2D eigenvalue weighted by molar-refractivity contribution is -0.156. The number of pyridine rings is 1. The van der Waals surface area contributed by atoms with Crippen LogP contribution in [0.3, 0.4) is 0 Å². The van der Waals surface area contributed by atoms with Gasteiger partial charge in [0.05, 0.1) is 66.0 Å².